The average Bonchev–Trinajstić information content (AvgIpc) is 2.96. The summed E-state index contributed by atoms with van der Waals surface area (Å²) in [6, 6.07) is 13.3. The molecule has 0 bridgehead atoms. The highest BCUT2D eigenvalue weighted by Gasteiger charge is 2.15. The van der Waals surface area contributed by atoms with Crippen molar-refractivity contribution >= 4 is 32.6 Å². The number of aromatic nitrogens is 1. The Morgan fingerprint density at radius 3 is 2.70 bits per heavy atom. The third-order valence-electron chi connectivity index (χ3n) is 3.64. The number of ether oxygens (including phenoxy) is 1. The van der Waals surface area contributed by atoms with Crippen LogP contribution in [-0.2, 0) is 0 Å². The van der Waals surface area contributed by atoms with Gasteiger partial charge in [0.2, 0.25) is 0 Å². The molecule has 1 aromatic heterocycles. The summed E-state index contributed by atoms with van der Waals surface area (Å²) >= 11 is 1.48. The fourth-order valence-corrected chi connectivity index (χ4v) is 3.38. The summed E-state index contributed by atoms with van der Waals surface area (Å²) in [5, 5.41) is 3.48. The van der Waals surface area contributed by atoms with Gasteiger partial charge in [-0.2, -0.15) is 0 Å². The van der Waals surface area contributed by atoms with Gasteiger partial charge in [0.15, 0.2) is 5.13 Å². The van der Waals surface area contributed by atoms with Crippen molar-refractivity contribution in [2.75, 3.05) is 12.4 Å². The lowest BCUT2D eigenvalue weighted by molar-refractivity contribution is 0.102. The molecule has 23 heavy (non-hydrogen) atoms. The van der Waals surface area contributed by atoms with Gasteiger partial charge in [-0.1, -0.05) is 49.4 Å². The van der Waals surface area contributed by atoms with E-state index in [-0.39, 0.29) is 5.91 Å². The van der Waals surface area contributed by atoms with E-state index < -0.39 is 0 Å². The summed E-state index contributed by atoms with van der Waals surface area (Å²) in [5.74, 6) is 0.722. The second-order valence-electron chi connectivity index (χ2n) is 5.52. The molecule has 0 fully saturated rings. The molecule has 118 valence electrons. The minimum Gasteiger partial charge on any atom is -0.496 e. The number of hydrogen-bond donors (Lipinski definition) is 1. The number of carbonyl (C=O) groups excluding carboxylic acids is 1. The molecule has 1 amide bonds. The van der Waals surface area contributed by atoms with Crippen LogP contribution in [0.5, 0.6) is 5.75 Å². The van der Waals surface area contributed by atoms with Crippen LogP contribution in [0.4, 0.5) is 5.13 Å². The summed E-state index contributed by atoms with van der Waals surface area (Å²) in [6.07, 6.45) is 0. The molecule has 1 heterocycles. The van der Waals surface area contributed by atoms with Crippen LogP contribution in [0.15, 0.2) is 42.5 Å². The van der Waals surface area contributed by atoms with Crippen LogP contribution in [0.3, 0.4) is 0 Å². The zero-order chi connectivity index (χ0) is 16.4. The predicted octanol–water partition coefficient (Wildman–Crippen LogP) is 4.68. The van der Waals surface area contributed by atoms with E-state index in [1.807, 2.05) is 24.3 Å². The predicted molar refractivity (Wildman–Crippen MR) is 94.7 cm³/mol. The van der Waals surface area contributed by atoms with Gasteiger partial charge >= 0.3 is 0 Å². The van der Waals surface area contributed by atoms with E-state index in [2.05, 4.69) is 30.2 Å². The Morgan fingerprint density at radius 1 is 1.17 bits per heavy atom. The largest absolute Gasteiger partial charge is 0.496 e. The Labute approximate surface area is 139 Å². The molecule has 3 aromatic rings. The van der Waals surface area contributed by atoms with E-state index in [0.29, 0.717) is 22.4 Å². The molecule has 0 aliphatic rings. The first-order chi connectivity index (χ1) is 11.1. The lowest BCUT2D eigenvalue weighted by Crippen LogP contribution is -2.12. The maximum atomic E-state index is 12.5. The molecule has 5 heteroatoms. The highest BCUT2D eigenvalue weighted by atomic mass is 32.1. The molecule has 0 spiro atoms. The average molecular weight is 326 g/mol. The molecular weight excluding hydrogens is 308 g/mol. The highest BCUT2D eigenvalue weighted by molar-refractivity contribution is 7.22. The number of thiazole rings is 1. The monoisotopic (exact) mass is 326 g/mol. The van der Waals surface area contributed by atoms with Gasteiger partial charge < -0.3 is 4.74 Å². The van der Waals surface area contributed by atoms with Crippen molar-refractivity contribution in [1.29, 1.82) is 0 Å². The Balaban J connectivity index is 1.93. The number of benzene rings is 2. The first-order valence-electron chi connectivity index (χ1n) is 7.44. The number of hydrogen-bond acceptors (Lipinski definition) is 4. The fourth-order valence-electron chi connectivity index (χ4n) is 2.49. The summed E-state index contributed by atoms with van der Waals surface area (Å²) < 4.78 is 6.31. The molecule has 0 atom stereocenters. The van der Waals surface area contributed by atoms with Crippen LogP contribution >= 0.6 is 11.3 Å². The SMILES string of the molecule is COc1ccccc1C(=O)Nc1nc2c(C(C)C)cccc2s1. The van der Waals surface area contributed by atoms with Crippen molar-refractivity contribution in [3.63, 3.8) is 0 Å². The number of fused-ring (bicyclic) bond motifs is 1. The van der Waals surface area contributed by atoms with Crippen LogP contribution in [0, 0.1) is 0 Å². The lowest BCUT2D eigenvalue weighted by Gasteiger charge is -2.07. The third kappa shape index (κ3) is 3.05. The zero-order valence-electron chi connectivity index (χ0n) is 13.3. The van der Waals surface area contributed by atoms with Crippen LogP contribution < -0.4 is 10.1 Å². The van der Waals surface area contributed by atoms with Crippen molar-refractivity contribution in [3.05, 3.63) is 53.6 Å². The molecular formula is C18H18N2O2S. The lowest BCUT2D eigenvalue weighted by atomic mass is 10.0. The Hall–Kier alpha value is -2.40. The maximum absolute atomic E-state index is 12.5. The number of para-hydroxylation sites is 2. The number of carbonyl (C=O) groups is 1. The van der Waals surface area contributed by atoms with E-state index >= 15 is 0 Å². The van der Waals surface area contributed by atoms with E-state index in [4.69, 9.17) is 4.74 Å². The Bertz CT molecular complexity index is 855. The number of rotatable bonds is 4. The molecule has 0 aliphatic heterocycles. The second-order valence-corrected chi connectivity index (χ2v) is 6.55. The molecule has 0 saturated heterocycles. The van der Waals surface area contributed by atoms with Gasteiger partial charge in [0, 0.05) is 0 Å². The van der Waals surface area contributed by atoms with E-state index in [9.17, 15) is 4.79 Å². The van der Waals surface area contributed by atoms with Crippen LogP contribution in [0.1, 0.15) is 35.7 Å². The summed E-state index contributed by atoms with van der Waals surface area (Å²) in [5.41, 5.74) is 2.65. The highest BCUT2D eigenvalue weighted by Crippen LogP contribution is 2.32. The molecule has 2 aromatic carbocycles. The van der Waals surface area contributed by atoms with Gasteiger partial charge in [0.1, 0.15) is 5.75 Å². The number of amides is 1. The molecule has 0 unspecified atom stereocenters. The van der Waals surface area contributed by atoms with Gasteiger partial charge in [0.25, 0.3) is 5.91 Å². The third-order valence-corrected chi connectivity index (χ3v) is 4.58. The quantitative estimate of drug-likeness (QED) is 0.757. The molecule has 1 N–H and O–H groups in total. The minimum absolute atomic E-state index is 0.215. The van der Waals surface area contributed by atoms with E-state index in [1.165, 1.54) is 16.9 Å². The number of nitrogens with one attached hydrogen (secondary N) is 1. The summed E-state index contributed by atoms with van der Waals surface area (Å²) in [7, 11) is 1.55. The first kappa shape index (κ1) is 15.5. The second kappa shape index (κ2) is 6.38. The van der Waals surface area contributed by atoms with Gasteiger partial charge in [-0.3, -0.25) is 10.1 Å². The van der Waals surface area contributed by atoms with Gasteiger partial charge in [-0.05, 0) is 29.7 Å². The molecule has 0 saturated carbocycles. The van der Waals surface area contributed by atoms with Crippen LogP contribution in [-0.4, -0.2) is 18.0 Å². The topological polar surface area (TPSA) is 51.2 Å². The Kier molecular flexibility index (Phi) is 4.30. The van der Waals surface area contributed by atoms with Gasteiger partial charge in [-0.25, -0.2) is 4.98 Å². The molecule has 3 rings (SSSR count). The standard InChI is InChI=1S/C18H18N2O2S/c1-11(2)12-8-6-10-15-16(12)19-18(23-15)20-17(21)13-7-4-5-9-14(13)22-3/h4-11H,1-3H3,(H,19,20,21). The normalized spacial score (nSPS) is 11.0. The number of anilines is 1. The van der Waals surface area contributed by atoms with Crippen LogP contribution in [0.2, 0.25) is 0 Å². The van der Waals surface area contributed by atoms with E-state index in [1.54, 1.807) is 19.2 Å². The first-order valence-corrected chi connectivity index (χ1v) is 8.25. The summed E-state index contributed by atoms with van der Waals surface area (Å²) in [6.45, 7) is 4.28. The van der Waals surface area contributed by atoms with Gasteiger partial charge in [0.05, 0.1) is 22.9 Å². The fraction of sp³-hybridized carbons (Fsp3) is 0.222. The van der Waals surface area contributed by atoms with Crippen molar-refractivity contribution in [2.24, 2.45) is 0 Å². The molecule has 4 nitrogen and oxygen atoms in total. The smallest absolute Gasteiger partial charge is 0.261 e. The van der Waals surface area contributed by atoms with Crippen molar-refractivity contribution < 1.29 is 9.53 Å². The van der Waals surface area contributed by atoms with Crippen molar-refractivity contribution in [3.8, 4) is 5.75 Å². The van der Waals surface area contributed by atoms with Gasteiger partial charge in [-0.15, -0.1) is 0 Å². The molecule has 0 radical (unpaired) electrons. The molecule has 0 aliphatic carbocycles. The Morgan fingerprint density at radius 2 is 1.96 bits per heavy atom. The summed E-state index contributed by atoms with van der Waals surface area (Å²) in [4.78, 5) is 17.1. The number of nitrogens with zero attached hydrogens (tertiary/aromatic N) is 1. The van der Waals surface area contributed by atoms with Crippen LogP contribution in [0.25, 0.3) is 10.2 Å². The minimum atomic E-state index is -0.215. The zero-order valence-corrected chi connectivity index (χ0v) is 14.1. The number of methoxy groups -OCH3 is 1. The van der Waals surface area contributed by atoms with E-state index in [0.717, 1.165) is 10.2 Å². The van der Waals surface area contributed by atoms with Crippen molar-refractivity contribution in [2.45, 2.75) is 19.8 Å². The maximum Gasteiger partial charge on any atom is 0.261 e. The van der Waals surface area contributed by atoms with Crippen molar-refractivity contribution in [1.82, 2.24) is 4.98 Å².